The number of hydrogen-bond donors (Lipinski definition) is 1. The van der Waals surface area contributed by atoms with E-state index in [4.69, 9.17) is 0 Å². The molecule has 0 amide bonds. The summed E-state index contributed by atoms with van der Waals surface area (Å²) in [5.41, 5.74) is 0.570. The first-order valence-electron chi connectivity index (χ1n) is 6.94. The summed E-state index contributed by atoms with van der Waals surface area (Å²) < 4.78 is 26.5. The second-order valence-electron chi connectivity index (χ2n) is 4.74. The van der Waals surface area contributed by atoms with E-state index in [-0.39, 0.29) is 6.04 Å². The van der Waals surface area contributed by atoms with Crippen LogP contribution in [0.4, 0.5) is 8.78 Å². The summed E-state index contributed by atoms with van der Waals surface area (Å²) in [6, 6.07) is 4.01. The Morgan fingerprint density at radius 2 is 1.89 bits per heavy atom. The third-order valence-corrected chi connectivity index (χ3v) is 3.58. The molecule has 1 atom stereocenters. The molecule has 1 N–H and O–H groups in total. The normalized spacial score (nSPS) is 12.9. The monoisotopic (exact) mass is 270 g/mol. The van der Waals surface area contributed by atoms with Gasteiger partial charge in [0.15, 0.2) is 0 Å². The van der Waals surface area contributed by atoms with Crippen molar-refractivity contribution in [1.29, 1.82) is 0 Å². The van der Waals surface area contributed by atoms with Crippen LogP contribution in [0.25, 0.3) is 0 Å². The molecule has 2 nitrogen and oxygen atoms in total. The molecule has 0 aliphatic heterocycles. The summed E-state index contributed by atoms with van der Waals surface area (Å²) in [5, 5.41) is 3.21. The van der Waals surface area contributed by atoms with Gasteiger partial charge in [0, 0.05) is 12.1 Å². The average molecular weight is 270 g/mol. The molecule has 19 heavy (non-hydrogen) atoms. The summed E-state index contributed by atoms with van der Waals surface area (Å²) in [6.45, 7) is 7.31. The van der Waals surface area contributed by atoms with E-state index in [1.807, 2.05) is 7.05 Å². The van der Waals surface area contributed by atoms with Crippen molar-refractivity contribution in [3.63, 3.8) is 0 Å². The van der Waals surface area contributed by atoms with Crippen molar-refractivity contribution in [2.45, 2.75) is 32.7 Å². The van der Waals surface area contributed by atoms with Crippen LogP contribution in [0.15, 0.2) is 18.2 Å². The zero-order valence-corrected chi connectivity index (χ0v) is 12.0. The van der Waals surface area contributed by atoms with Crippen LogP contribution in [0, 0.1) is 11.6 Å². The Bertz CT molecular complexity index is 378. The molecule has 4 heteroatoms. The molecule has 0 heterocycles. The highest BCUT2D eigenvalue weighted by Crippen LogP contribution is 2.13. The van der Waals surface area contributed by atoms with Gasteiger partial charge in [-0.3, -0.25) is 0 Å². The first kappa shape index (κ1) is 16.1. The minimum absolute atomic E-state index is 0.209. The molecule has 108 valence electrons. The Kier molecular flexibility index (Phi) is 6.95. The lowest BCUT2D eigenvalue weighted by Gasteiger charge is -2.22. The van der Waals surface area contributed by atoms with Gasteiger partial charge in [0.1, 0.15) is 11.6 Å². The van der Waals surface area contributed by atoms with Crippen molar-refractivity contribution >= 4 is 0 Å². The third kappa shape index (κ3) is 5.25. The number of benzene rings is 1. The summed E-state index contributed by atoms with van der Waals surface area (Å²) in [4.78, 5) is 2.34. The quantitative estimate of drug-likeness (QED) is 0.781. The predicted octanol–water partition coefficient (Wildman–Crippen LogP) is 2.83. The van der Waals surface area contributed by atoms with Gasteiger partial charge in [0.05, 0.1) is 0 Å². The number of halogens is 2. The molecule has 0 saturated carbocycles. The van der Waals surface area contributed by atoms with Gasteiger partial charge >= 0.3 is 0 Å². The fraction of sp³-hybridized carbons (Fsp3) is 0.600. The minimum Gasteiger partial charge on any atom is -0.317 e. The molecule has 0 bridgehead atoms. The van der Waals surface area contributed by atoms with E-state index in [0.29, 0.717) is 12.0 Å². The standard InChI is InChI=1S/C15H24F2N2/c1-4-19(5-2)9-8-14(18-3)10-12-6-7-13(16)11-15(12)17/h6-7,11,14,18H,4-5,8-10H2,1-3H3. The summed E-state index contributed by atoms with van der Waals surface area (Å²) in [7, 11) is 1.88. The summed E-state index contributed by atoms with van der Waals surface area (Å²) >= 11 is 0. The van der Waals surface area contributed by atoms with Gasteiger partial charge in [-0.2, -0.15) is 0 Å². The molecule has 0 aromatic heterocycles. The topological polar surface area (TPSA) is 15.3 Å². The third-order valence-electron chi connectivity index (χ3n) is 3.58. The van der Waals surface area contributed by atoms with E-state index in [9.17, 15) is 8.78 Å². The average Bonchev–Trinajstić information content (AvgIpc) is 2.41. The van der Waals surface area contributed by atoms with Crippen molar-refractivity contribution < 1.29 is 8.78 Å². The smallest absolute Gasteiger partial charge is 0.129 e. The Morgan fingerprint density at radius 1 is 1.21 bits per heavy atom. The van der Waals surface area contributed by atoms with Crippen LogP contribution in [0.5, 0.6) is 0 Å². The number of likely N-dealkylation sites (N-methyl/N-ethyl adjacent to an activating group) is 1. The van der Waals surface area contributed by atoms with E-state index in [1.54, 1.807) is 0 Å². The molecule has 1 rings (SSSR count). The van der Waals surface area contributed by atoms with Gasteiger partial charge in [-0.25, -0.2) is 8.78 Å². The summed E-state index contributed by atoms with van der Waals surface area (Å²) in [5.74, 6) is -0.978. The molecule has 0 aliphatic rings. The molecule has 1 unspecified atom stereocenters. The summed E-state index contributed by atoms with van der Waals surface area (Å²) in [6.07, 6.45) is 1.54. The van der Waals surface area contributed by atoms with Crippen LogP contribution in [0.2, 0.25) is 0 Å². The number of nitrogens with one attached hydrogen (secondary N) is 1. The van der Waals surface area contributed by atoms with E-state index < -0.39 is 11.6 Å². The highest BCUT2D eigenvalue weighted by atomic mass is 19.1. The lowest BCUT2D eigenvalue weighted by atomic mass is 10.0. The maximum Gasteiger partial charge on any atom is 0.129 e. The van der Waals surface area contributed by atoms with Gasteiger partial charge in [-0.1, -0.05) is 19.9 Å². The Hall–Kier alpha value is -1.00. The van der Waals surface area contributed by atoms with Gasteiger partial charge in [-0.05, 0) is 51.2 Å². The highest BCUT2D eigenvalue weighted by Gasteiger charge is 2.12. The molecule has 1 aromatic rings. The van der Waals surface area contributed by atoms with Gasteiger partial charge < -0.3 is 10.2 Å². The molecule has 0 aliphatic carbocycles. The van der Waals surface area contributed by atoms with Gasteiger partial charge in [-0.15, -0.1) is 0 Å². The maximum atomic E-state index is 13.6. The Labute approximate surface area is 114 Å². The van der Waals surface area contributed by atoms with Crippen LogP contribution in [0.3, 0.4) is 0 Å². The Morgan fingerprint density at radius 3 is 2.42 bits per heavy atom. The molecular weight excluding hydrogens is 246 g/mol. The molecule has 0 spiro atoms. The van der Waals surface area contributed by atoms with Gasteiger partial charge in [0.25, 0.3) is 0 Å². The Balaban J connectivity index is 2.56. The largest absolute Gasteiger partial charge is 0.317 e. The molecule has 1 aromatic carbocycles. The lowest BCUT2D eigenvalue weighted by molar-refractivity contribution is 0.282. The van der Waals surface area contributed by atoms with E-state index >= 15 is 0 Å². The van der Waals surface area contributed by atoms with Crippen molar-refractivity contribution in [1.82, 2.24) is 10.2 Å². The minimum atomic E-state index is -0.523. The fourth-order valence-corrected chi connectivity index (χ4v) is 2.18. The van der Waals surface area contributed by atoms with Crippen molar-refractivity contribution in [2.75, 3.05) is 26.7 Å². The van der Waals surface area contributed by atoms with E-state index in [0.717, 1.165) is 32.1 Å². The van der Waals surface area contributed by atoms with Crippen molar-refractivity contribution in [3.05, 3.63) is 35.4 Å². The van der Waals surface area contributed by atoms with Crippen LogP contribution in [0.1, 0.15) is 25.8 Å². The number of hydrogen-bond acceptors (Lipinski definition) is 2. The lowest BCUT2D eigenvalue weighted by Crippen LogP contribution is -2.34. The van der Waals surface area contributed by atoms with Crippen LogP contribution >= 0.6 is 0 Å². The van der Waals surface area contributed by atoms with Crippen molar-refractivity contribution in [3.8, 4) is 0 Å². The molecule has 0 radical (unpaired) electrons. The van der Waals surface area contributed by atoms with Crippen LogP contribution in [-0.4, -0.2) is 37.6 Å². The van der Waals surface area contributed by atoms with E-state index in [1.165, 1.54) is 12.1 Å². The van der Waals surface area contributed by atoms with Crippen LogP contribution in [-0.2, 0) is 6.42 Å². The van der Waals surface area contributed by atoms with Gasteiger partial charge in [0.2, 0.25) is 0 Å². The number of rotatable bonds is 8. The van der Waals surface area contributed by atoms with Crippen molar-refractivity contribution in [2.24, 2.45) is 0 Å². The first-order chi connectivity index (χ1) is 9.10. The molecule has 0 fully saturated rings. The van der Waals surface area contributed by atoms with E-state index in [2.05, 4.69) is 24.1 Å². The number of nitrogens with zero attached hydrogens (tertiary/aromatic N) is 1. The zero-order chi connectivity index (χ0) is 14.3. The predicted molar refractivity (Wildman–Crippen MR) is 75.3 cm³/mol. The zero-order valence-electron chi connectivity index (χ0n) is 12.0. The highest BCUT2D eigenvalue weighted by molar-refractivity contribution is 5.19. The second kappa shape index (κ2) is 8.23. The molecule has 0 saturated heterocycles. The SMILES string of the molecule is CCN(CC)CCC(Cc1ccc(F)cc1F)NC. The van der Waals surface area contributed by atoms with Crippen LogP contribution < -0.4 is 5.32 Å². The fourth-order valence-electron chi connectivity index (χ4n) is 2.18. The second-order valence-corrected chi connectivity index (χ2v) is 4.74. The maximum absolute atomic E-state index is 13.6. The molecular formula is C15H24F2N2. The first-order valence-corrected chi connectivity index (χ1v) is 6.94.